The second kappa shape index (κ2) is 13.2. The number of alkyl halides is 3. The van der Waals surface area contributed by atoms with Gasteiger partial charge in [-0.15, -0.1) is 0 Å². The van der Waals surface area contributed by atoms with Crippen molar-refractivity contribution in [2.45, 2.75) is 65.3 Å². The molecule has 0 saturated heterocycles. The fourth-order valence-electron chi connectivity index (χ4n) is 3.73. The Morgan fingerprint density at radius 2 is 1.59 bits per heavy atom. The molecular weight excluding hydrogens is 565 g/mol. The summed E-state index contributed by atoms with van der Waals surface area (Å²) in [7, 11) is 0. The summed E-state index contributed by atoms with van der Waals surface area (Å²) in [6.07, 6.45) is -2.39. The molecule has 13 heteroatoms. The zero-order valence-electron chi connectivity index (χ0n) is 23.4. The van der Waals surface area contributed by atoms with E-state index < -0.39 is 46.7 Å². The maximum Gasteiger partial charge on any atom is 0.417 e. The summed E-state index contributed by atoms with van der Waals surface area (Å²) in [5.41, 5.74) is -1.36. The summed E-state index contributed by atoms with van der Waals surface area (Å²) >= 11 is 5.60. The van der Waals surface area contributed by atoms with Gasteiger partial charge in [-0.25, -0.2) is 9.78 Å². The van der Waals surface area contributed by atoms with Crippen LogP contribution in [0.25, 0.3) is 5.69 Å². The predicted octanol–water partition coefficient (Wildman–Crippen LogP) is 7.45. The number of anilines is 2. The molecule has 0 spiro atoms. The molecule has 0 aliphatic heterocycles. The number of nitrogens with zero attached hydrogens (tertiary/aromatic N) is 2. The van der Waals surface area contributed by atoms with Crippen LogP contribution in [0, 0.1) is 0 Å². The van der Waals surface area contributed by atoms with E-state index in [1.54, 1.807) is 29.1 Å². The molecule has 0 bridgehead atoms. The number of ether oxygens (including phenoxy) is 1. The van der Waals surface area contributed by atoms with Crippen LogP contribution in [0.2, 0.25) is 5.02 Å². The Kier molecular flexibility index (Phi) is 10.7. The molecule has 0 fully saturated rings. The highest BCUT2D eigenvalue weighted by molar-refractivity contribution is 6.32. The third-order valence-corrected chi connectivity index (χ3v) is 5.15. The SMILES string of the molecule is CC(C)(C)OC(C)(C)C.O=C(O)Nc1cc(Cl)c(C(F)(F)F)cc1NC(=O)CC(=O)c1cccc(-n2ccnc2)c1. The number of carboxylic acid groups (broad SMARTS) is 1. The van der Waals surface area contributed by atoms with Crippen LogP contribution in [0.3, 0.4) is 0 Å². The van der Waals surface area contributed by atoms with Crippen molar-refractivity contribution in [2.75, 3.05) is 10.6 Å². The lowest BCUT2D eigenvalue weighted by molar-refractivity contribution is -0.137. The number of carbonyl (C=O) groups excluding carboxylic acids is 2. The lowest BCUT2D eigenvalue weighted by atomic mass is 10.1. The van der Waals surface area contributed by atoms with Crippen molar-refractivity contribution >= 4 is 40.8 Å². The van der Waals surface area contributed by atoms with Gasteiger partial charge in [-0.3, -0.25) is 14.9 Å². The number of Topliss-reactive ketones (excluding diaryl/α,β-unsaturated/α-hetero) is 1. The van der Waals surface area contributed by atoms with E-state index in [1.807, 2.05) is 5.32 Å². The maximum absolute atomic E-state index is 13.2. The number of halogens is 4. The maximum atomic E-state index is 13.2. The van der Waals surface area contributed by atoms with E-state index in [0.717, 1.165) is 6.07 Å². The summed E-state index contributed by atoms with van der Waals surface area (Å²) in [5, 5.41) is 12.1. The summed E-state index contributed by atoms with van der Waals surface area (Å²) in [6.45, 7) is 12.4. The highest BCUT2D eigenvalue weighted by Gasteiger charge is 2.34. The molecule has 1 heterocycles. The smallest absolute Gasteiger partial charge is 0.417 e. The van der Waals surface area contributed by atoms with Gasteiger partial charge in [-0.1, -0.05) is 23.7 Å². The predicted molar refractivity (Wildman–Crippen MR) is 150 cm³/mol. The van der Waals surface area contributed by atoms with E-state index in [-0.39, 0.29) is 22.5 Å². The minimum atomic E-state index is -4.85. The fraction of sp³-hybridized carbons (Fsp3) is 0.357. The molecule has 9 nitrogen and oxygen atoms in total. The number of benzene rings is 2. The van der Waals surface area contributed by atoms with Gasteiger partial charge >= 0.3 is 12.3 Å². The zero-order valence-corrected chi connectivity index (χ0v) is 24.1. The number of imidazole rings is 1. The van der Waals surface area contributed by atoms with Crippen LogP contribution in [-0.2, 0) is 15.7 Å². The fourth-order valence-corrected chi connectivity index (χ4v) is 4.00. The van der Waals surface area contributed by atoms with Crippen LogP contribution < -0.4 is 10.6 Å². The van der Waals surface area contributed by atoms with Crippen LogP contribution in [0.1, 0.15) is 63.9 Å². The van der Waals surface area contributed by atoms with Gasteiger partial charge in [-0.2, -0.15) is 13.2 Å². The summed E-state index contributed by atoms with van der Waals surface area (Å²) in [6, 6.07) is 7.55. The Morgan fingerprint density at radius 1 is 0.976 bits per heavy atom. The van der Waals surface area contributed by atoms with Gasteiger partial charge in [0.2, 0.25) is 5.91 Å². The van der Waals surface area contributed by atoms with Crippen LogP contribution >= 0.6 is 11.6 Å². The number of hydrogen-bond donors (Lipinski definition) is 3. The Balaban J connectivity index is 0.000000564. The quantitative estimate of drug-likeness (QED) is 0.201. The van der Waals surface area contributed by atoms with Crippen LogP contribution in [0.15, 0.2) is 55.1 Å². The number of ketones is 1. The van der Waals surface area contributed by atoms with Gasteiger partial charge in [-0.05, 0) is 65.8 Å². The number of nitrogens with one attached hydrogen (secondary N) is 2. The second-order valence-electron chi connectivity index (χ2n) is 10.8. The van der Waals surface area contributed by atoms with E-state index in [9.17, 15) is 27.6 Å². The topological polar surface area (TPSA) is 123 Å². The molecular formula is C28H32ClF3N4O5. The molecule has 41 heavy (non-hydrogen) atoms. The lowest BCUT2D eigenvalue weighted by Gasteiger charge is -2.30. The van der Waals surface area contributed by atoms with E-state index >= 15 is 0 Å². The van der Waals surface area contributed by atoms with Crippen molar-refractivity contribution in [3.05, 3.63) is 71.3 Å². The monoisotopic (exact) mass is 596 g/mol. The van der Waals surface area contributed by atoms with Gasteiger partial charge in [0, 0.05) is 23.6 Å². The third kappa shape index (κ3) is 11.2. The third-order valence-electron chi connectivity index (χ3n) is 4.83. The second-order valence-corrected chi connectivity index (χ2v) is 11.2. The Hall–Kier alpha value is -3.90. The molecule has 0 atom stereocenters. The number of rotatable bonds is 6. The van der Waals surface area contributed by atoms with Crippen molar-refractivity contribution in [3.63, 3.8) is 0 Å². The first kappa shape index (κ1) is 33.3. The zero-order chi connectivity index (χ0) is 31.2. The molecule has 0 saturated carbocycles. The molecule has 0 aliphatic carbocycles. The van der Waals surface area contributed by atoms with Crippen LogP contribution in [0.5, 0.6) is 0 Å². The van der Waals surface area contributed by atoms with Gasteiger partial charge in [0.25, 0.3) is 0 Å². The first-order valence-electron chi connectivity index (χ1n) is 12.3. The summed E-state index contributed by atoms with van der Waals surface area (Å²) < 4.78 is 46.7. The standard InChI is InChI=1S/C20H14ClF3N4O4.C8H18O/c21-14-8-16(27-19(31)32)15(7-13(14)20(22,23)24)26-18(30)9-17(29)11-2-1-3-12(6-11)28-5-4-25-10-28;1-7(2,3)9-8(4,5)6/h1-8,10,27H,9H2,(H,26,30)(H,31,32);1-6H3. The van der Waals surface area contributed by atoms with Gasteiger partial charge < -0.3 is 19.7 Å². The Labute approximate surface area is 240 Å². The highest BCUT2D eigenvalue weighted by Crippen LogP contribution is 2.39. The first-order valence-corrected chi connectivity index (χ1v) is 12.7. The molecule has 3 rings (SSSR count). The average Bonchev–Trinajstić information content (AvgIpc) is 3.33. The van der Waals surface area contributed by atoms with Crippen molar-refractivity contribution in [1.82, 2.24) is 9.55 Å². The van der Waals surface area contributed by atoms with Crippen molar-refractivity contribution < 1.29 is 37.4 Å². The van der Waals surface area contributed by atoms with E-state index in [1.165, 1.54) is 18.5 Å². The molecule has 3 aromatic rings. The molecule has 0 unspecified atom stereocenters. The molecule has 1 aromatic heterocycles. The molecule has 2 amide bonds. The normalized spacial score (nSPS) is 11.8. The largest absolute Gasteiger partial charge is 0.465 e. The minimum Gasteiger partial charge on any atom is -0.465 e. The first-order chi connectivity index (χ1) is 18.7. The van der Waals surface area contributed by atoms with Gasteiger partial charge in [0.1, 0.15) is 0 Å². The van der Waals surface area contributed by atoms with E-state index in [2.05, 4.69) is 51.8 Å². The summed E-state index contributed by atoms with van der Waals surface area (Å²) in [5.74, 6) is -1.53. The average molecular weight is 597 g/mol. The molecule has 3 N–H and O–H groups in total. The van der Waals surface area contributed by atoms with E-state index in [0.29, 0.717) is 11.8 Å². The van der Waals surface area contributed by atoms with E-state index in [4.69, 9.17) is 21.4 Å². The number of hydrogen-bond acceptors (Lipinski definition) is 5. The van der Waals surface area contributed by atoms with Gasteiger partial charge in [0.15, 0.2) is 5.78 Å². The lowest BCUT2D eigenvalue weighted by Crippen LogP contribution is -2.31. The van der Waals surface area contributed by atoms with Crippen molar-refractivity contribution in [1.29, 1.82) is 0 Å². The highest BCUT2D eigenvalue weighted by atomic mass is 35.5. The van der Waals surface area contributed by atoms with Gasteiger partial charge in [0.05, 0.1) is 45.9 Å². The number of aromatic nitrogens is 2. The minimum absolute atomic E-state index is 0.0156. The molecule has 222 valence electrons. The van der Waals surface area contributed by atoms with Crippen LogP contribution in [-0.4, -0.2) is 43.6 Å². The van der Waals surface area contributed by atoms with Crippen molar-refractivity contribution in [2.24, 2.45) is 0 Å². The number of carbonyl (C=O) groups is 3. The Bertz CT molecular complexity index is 1370. The summed E-state index contributed by atoms with van der Waals surface area (Å²) in [4.78, 5) is 39.7. The molecule has 0 radical (unpaired) electrons. The van der Waals surface area contributed by atoms with Crippen molar-refractivity contribution in [3.8, 4) is 5.69 Å². The Morgan fingerprint density at radius 3 is 2.07 bits per heavy atom. The molecule has 2 aromatic carbocycles. The van der Waals surface area contributed by atoms with Crippen LogP contribution in [0.4, 0.5) is 29.3 Å². The number of amides is 2. The molecule has 0 aliphatic rings.